The standard InChI is InChI=1S/C15H11N3O5/c19-14-8-23-13-6-5-9(7-11(13)17-14)16-15(20)10-3-1-2-4-12(10)18(21)22/h1-7H,8H2,(H,16,20)(H,17,19). The van der Waals surface area contributed by atoms with Crippen LogP contribution in [0.4, 0.5) is 17.1 Å². The fourth-order valence-corrected chi connectivity index (χ4v) is 2.18. The zero-order chi connectivity index (χ0) is 16.4. The molecular formula is C15H11N3O5. The molecule has 23 heavy (non-hydrogen) atoms. The molecule has 1 aliphatic heterocycles. The highest BCUT2D eigenvalue weighted by atomic mass is 16.6. The summed E-state index contributed by atoms with van der Waals surface area (Å²) in [7, 11) is 0. The number of nitro benzene ring substituents is 1. The van der Waals surface area contributed by atoms with Crippen LogP contribution in [0.15, 0.2) is 42.5 Å². The Morgan fingerprint density at radius 2 is 2.04 bits per heavy atom. The molecule has 2 aromatic carbocycles. The summed E-state index contributed by atoms with van der Waals surface area (Å²) in [5, 5.41) is 16.2. The Kier molecular flexibility index (Phi) is 3.63. The molecular weight excluding hydrogens is 302 g/mol. The summed E-state index contributed by atoms with van der Waals surface area (Å²) in [6.45, 7) is -0.0606. The third-order valence-corrected chi connectivity index (χ3v) is 3.22. The number of hydrogen-bond acceptors (Lipinski definition) is 5. The minimum Gasteiger partial charge on any atom is -0.482 e. The molecule has 0 saturated heterocycles. The fraction of sp³-hybridized carbons (Fsp3) is 0.0667. The van der Waals surface area contributed by atoms with Gasteiger partial charge in [0.25, 0.3) is 17.5 Å². The van der Waals surface area contributed by atoms with Crippen LogP contribution in [-0.4, -0.2) is 23.3 Å². The summed E-state index contributed by atoms with van der Waals surface area (Å²) >= 11 is 0. The number of nitrogens with one attached hydrogen (secondary N) is 2. The zero-order valence-corrected chi connectivity index (χ0v) is 11.7. The Morgan fingerprint density at radius 1 is 1.26 bits per heavy atom. The van der Waals surface area contributed by atoms with Crippen LogP contribution >= 0.6 is 0 Å². The molecule has 0 bridgehead atoms. The molecule has 0 aromatic heterocycles. The van der Waals surface area contributed by atoms with Crippen molar-refractivity contribution in [3.8, 4) is 5.75 Å². The van der Waals surface area contributed by atoms with Crippen LogP contribution in [0.1, 0.15) is 10.4 Å². The van der Waals surface area contributed by atoms with Crippen molar-refractivity contribution in [3.05, 3.63) is 58.1 Å². The van der Waals surface area contributed by atoms with E-state index < -0.39 is 10.8 Å². The first-order valence-corrected chi connectivity index (χ1v) is 6.66. The van der Waals surface area contributed by atoms with E-state index in [1.165, 1.54) is 24.3 Å². The van der Waals surface area contributed by atoms with Gasteiger partial charge in [0, 0.05) is 11.8 Å². The van der Waals surface area contributed by atoms with Crippen LogP contribution in [0, 0.1) is 10.1 Å². The average Bonchev–Trinajstić information content (AvgIpc) is 2.54. The summed E-state index contributed by atoms with van der Waals surface area (Å²) < 4.78 is 5.22. The Bertz CT molecular complexity index is 819. The Balaban J connectivity index is 1.85. The van der Waals surface area contributed by atoms with Crippen LogP contribution in [0.25, 0.3) is 0 Å². The molecule has 8 heteroatoms. The molecule has 2 amide bonds. The molecule has 0 aliphatic carbocycles. The van der Waals surface area contributed by atoms with Crippen LogP contribution in [-0.2, 0) is 4.79 Å². The summed E-state index contributed by atoms with van der Waals surface area (Å²) in [5.74, 6) is -0.409. The predicted octanol–water partition coefficient (Wildman–Crippen LogP) is 2.18. The van der Waals surface area contributed by atoms with Gasteiger partial charge in [-0.25, -0.2) is 0 Å². The lowest BCUT2D eigenvalue weighted by molar-refractivity contribution is -0.385. The van der Waals surface area contributed by atoms with Gasteiger partial charge >= 0.3 is 0 Å². The molecule has 1 aliphatic rings. The van der Waals surface area contributed by atoms with Gasteiger partial charge in [0.1, 0.15) is 11.3 Å². The van der Waals surface area contributed by atoms with Crippen molar-refractivity contribution >= 4 is 28.9 Å². The fourth-order valence-electron chi connectivity index (χ4n) is 2.18. The monoisotopic (exact) mass is 313 g/mol. The van der Waals surface area contributed by atoms with Crippen molar-refractivity contribution in [1.82, 2.24) is 0 Å². The number of nitrogens with zero attached hydrogens (tertiary/aromatic N) is 1. The Labute approximate surface area is 130 Å². The number of benzene rings is 2. The highest BCUT2D eigenvalue weighted by molar-refractivity contribution is 6.07. The molecule has 116 valence electrons. The molecule has 0 saturated carbocycles. The van der Waals surface area contributed by atoms with Crippen molar-refractivity contribution in [1.29, 1.82) is 0 Å². The number of hydrogen-bond donors (Lipinski definition) is 2. The first-order chi connectivity index (χ1) is 11.0. The molecule has 0 radical (unpaired) electrons. The van der Waals surface area contributed by atoms with E-state index in [0.717, 1.165) is 0 Å². The summed E-state index contributed by atoms with van der Waals surface area (Å²) in [6.07, 6.45) is 0. The number of carbonyl (C=O) groups is 2. The minimum atomic E-state index is -0.615. The zero-order valence-electron chi connectivity index (χ0n) is 11.7. The van der Waals surface area contributed by atoms with Crippen molar-refractivity contribution in [3.63, 3.8) is 0 Å². The highest BCUT2D eigenvalue weighted by Crippen LogP contribution is 2.30. The lowest BCUT2D eigenvalue weighted by atomic mass is 10.1. The first-order valence-electron chi connectivity index (χ1n) is 6.66. The van der Waals surface area contributed by atoms with Crippen molar-refractivity contribution < 1.29 is 19.2 Å². The minimum absolute atomic E-state index is 0.0458. The summed E-state index contributed by atoms with van der Waals surface area (Å²) in [4.78, 5) is 33.9. The number of para-hydroxylation sites is 1. The van der Waals surface area contributed by atoms with Crippen LogP contribution in [0.5, 0.6) is 5.75 Å². The molecule has 1 heterocycles. The molecule has 0 atom stereocenters. The van der Waals surface area contributed by atoms with Gasteiger partial charge in [0.05, 0.1) is 10.6 Å². The van der Waals surface area contributed by atoms with E-state index in [2.05, 4.69) is 10.6 Å². The number of carbonyl (C=O) groups excluding carboxylic acids is 2. The van der Waals surface area contributed by atoms with Gasteiger partial charge in [0.15, 0.2) is 6.61 Å². The second-order valence-corrected chi connectivity index (χ2v) is 4.78. The molecule has 2 aromatic rings. The van der Waals surface area contributed by atoms with Gasteiger partial charge in [-0.1, -0.05) is 12.1 Å². The van der Waals surface area contributed by atoms with Crippen molar-refractivity contribution in [2.45, 2.75) is 0 Å². The van der Waals surface area contributed by atoms with E-state index in [9.17, 15) is 19.7 Å². The average molecular weight is 313 g/mol. The topological polar surface area (TPSA) is 111 Å². The maximum absolute atomic E-state index is 12.2. The van der Waals surface area contributed by atoms with Crippen LogP contribution < -0.4 is 15.4 Å². The van der Waals surface area contributed by atoms with Crippen LogP contribution in [0.3, 0.4) is 0 Å². The summed E-state index contributed by atoms with van der Waals surface area (Å²) in [5.41, 5.74) is 0.495. The third-order valence-electron chi connectivity index (χ3n) is 3.22. The van der Waals surface area contributed by atoms with Gasteiger partial charge in [-0.3, -0.25) is 19.7 Å². The van der Waals surface area contributed by atoms with E-state index in [1.807, 2.05) is 0 Å². The molecule has 0 unspecified atom stereocenters. The second-order valence-electron chi connectivity index (χ2n) is 4.78. The SMILES string of the molecule is O=C1COc2ccc(NC(=O)c3ccccc3[N+](=O)[O-])cc2N1. The smallest absolute Gasteiger partial charge is 0.282 e. The molecule has 2 N–H and O–H groups in total. The number of rotatable bonds is 3. The molecule has 8 nitrogen and oxygen atoms in total. The number of nitro groups is 1. The quantitative estimate of drug-likeness (QED) is 0.666. The number of ether oxygens (including phenoxy) is 1. The lowest BCUT2D eigenvalue weighted by Gasteiger charge is -2.18. The van der Waals surface area contributed by atoms with Crippen molar-refractivity contribution in [2.75, 3.05) is 17.2 Å². The maximum atomic E-state index is 12.2. The normalized spacial score (nSPS) is 12.6. The number of amides is 2. The molecule has 3 rings (SSSR count). The largest absolute Gasteiger partial charge is 0.482 e. The third kappa shape index (κ3) is 2.95. The van der Waals surface area contributed by atoms with Crippen LogP contribution in [0.2, 0.25) is 0 Å². The van der Waals surface area contributed by atoms with Gasteiger partial charge in [0.2, 0.25) is 0 Å². The first kappa shape index (κ1) is 14.5. The second kappa shape index (κ2) is 5.76. The van der Waals surface area contributed by atoms with Crippen molar-refractivity contribution in [2.24, 2.45) is 0 Å². The Morgan fingerprint density at radius 3 is 2.83 bits per heavy atom. The van der Waals surface area contributed by atoms with E-state index in [-0.39, 0.29) is 23.8 Å². The number of fused-ring (bicyclic) bond motifs is 1. The van der Waals surface area contributed by atoms with Gasteiger partial charge in [-0.15, -0.1) is 0 Å². The Hall–Kier alpha value is -3.42. The van der Waals surface area contributed by atoms with E-state index in [1.54, 1.807) is 18.2 Å². The van der Waals surface area contributed by atoms with E-state index >= 15 is 0 Å². The number of anilines is 2. The maximum Gasteiger partial charge on any atom is 0.282 e. The highest BCUT2D eigenvalue weighted by Gasteiger charge is 2.20. The summed E-state index contributed by atoms with van der Waals surface area (Å²) in [6, 6.07) is 10.4. The van der Waals surface area contributed by atoms with E-state index in [4.69, 9.17) is 4.74 Å². The molecule has 0 fully saturated rings. The molecule has 0 spiro atoms. The van der Waals surface area contributed by atoms with E-state index in [0.29, 0.717) is 17.1 Å². The predicted molar refractivity (Wildman–Crippen MR) is 81.6 cm³/mol. The lowest BCUT2D eigenvalue weighted by Crippen LogP contribution is -2.25. The van der Waals surface area contributed by atoms with Gasteiger partial charge in [-0.2, -0.15) is 0 Å². The van der Waals surface area contributed by atoms with Gasteiger partial charge < -0.3 is 15.4 Å². The van der Waals surface area contributed by atoms with Gasteiger partial charge in [-0.05, 0) is 24.3 Å².